The second-order valence-corrected chi connectivity index (χ2v) is 5.22. The van der Waals surface area contributed by atoms with Gasteiger partial charge < -0.3 is 15.2 Å². The van der Waals surface area contributed by atoms with Crippen LogP contribution in [-0.2, 0) is 4.74 Å². The lowest BCUT2D eigenvalue weighted by Crippen LogP contribution is -2.41. The van der Waals surface area contributed by atoms with Crippen molar-refractivity contribution in [2.45, 2.75) is 31.9 Å². The molecule has 1 heterocycles. The Morgan fingerprint density at radius 1 is 1.25 bits per heavy atom. The number of nitrogens with two attached hydrogens (primary N) is 1. The predicted molar refractivity (Wildman–Crippen MR) is 81.0 cm³/mol. The van der Waals surface area contributed by atoms with Gasteiger partial charge >= 0.3 is 0 Å². The maximum absolute atomic E-state index is 6.00. The van der Waals surface area contributed by atoms with Gasteiger partial charge in [0.2, 0.25) is 0 Å². The summed E-state index contributed by atoms with van der Waals surface area (Å²) in [6.07, 6.45) is 2.62. The van der Waals surface area contributed by atoms with Crippen molar-refractivity contribution in [2.75, 3.05) is 33.4 Å². The summed E-state index contributed by atoms with van der Waals surface area (Å²) < 4.78 is 10.9. The Bertz CT molecular complexity index is 386. The van der Waals surface area contributed by atoms with Gasteiger partial charge in [-0.1, -0.05) is 12.1 Å². The minimum atomic E-state index is 0.295. The molecule has 0 amide bonds. The van der Waals surface area contributed by atoms with Crippen LogP contribution >= 0.6 is 0 Å². The summed E-state index contributed by atoms with van der Waals surface area (Å²) in [7, 11) is 1.69. The quantitative estimate of drug-likeness (QED) is 0.866. The molecule has 0 aliphatic carbocycles. The van der Waals surface area contributed by atoms with Gasteiger partial charge in [-0.2, -0.15) is 0 Å². The lowest BCUT2D eigenvalue weighted by Gasteiger charge is -2.37. The van der Waals surface area contributed by atoms with Crippen LogP contribution in [0.2, 0.25) is 0 Å². The van der Waals surface area contributed by atoms with Crippen molar-refractivity contribution in [1.29, 1.82) is 0 Å². The van der Waals surface area contributed by atoms with Crippen LogP contribution in [-0.4, -0.2) is 44.4 Å². The second kappa shape index (κ2) is 7.62. The van der Waals surface area contributed by atoms with E-state index in [4.69, 9.17) is 15.2 Å². The van der Waals surface area contributed by atoms with E-state index in [9.17, 15) is 0 Å². The number of likely N-dealkylation sites (tertiary alicyclic amines) is 1. The summed E-state index contributed by atoms with van der Waals surface area (Å²) >= 11 is 0. The van der Waals surface area contributed by atoms with E-state index < -0.39 is 0 Å². The van der Waals surface area contributed by atoms with E-state index in [0.29, 0.717) is 18.7 Å². The SMILES string of the molecule is CCOC1CCN(C(CN)c2ccc(OC)cc2)CC1. The van der Waals surface area contributed by atoms with Crippen molar-refractivity contribution >= 4 is 0 Å². The van der Waals surface area contributed by atoms with E-state index in [2.05, 4.69) is 24.0 Å². The van der Waals surface area contributed by atoms with E-state index in [1.807, 2.05) is 12.1 Å². The number of rotatable bonds is 6. The number of benzene rings is 1. The van der Waals surface area contributed by atoms with Crippen LogP contribution in [0.3, 0.4) is 0 Å². The van der Waals surface area contributed by atoms with Gasteiger partial charge in [0.15, 0.2) is 0 Å². The van der Waals surface area contributed by atoms with Crippen LogP contribution in [0, 0.1) is 0 Å². The van der Waals surface area contributed by atoms with E-state index in [1.165, 1.54) is 5.56 Å². The van der Waals surface area contributed by atoms with E-state index in [-0.39, 0.29) is 0 Å². The molecule has 20 heavy (non-hydrogen) atoms. The number of nitrogens with zero attached hydrogens (tertiary/aromatic N) is 1. The molecule has 0 saturated carbocycles. The van der Waals surface area contributed by atoms with Crippen molar-refractivity contribution in [3.05, 3.63) is 29.8 Å². The molecule has 1 fully saturated rings. The maximum Gasteiger partial charge on any atom is 0.118 e. The largest absolute Gasteiger partial charge is 0.497 e. The third-order valence-electron chi connectivity index (χ3n) is 4.04. The van der Waals surface area contributed by atoms with Crippen LogP contribution < -0.4 is 10.5 Å². The highest BCUT2D eigenvalue weighted by atomic mass is 16.5. The molecule has 1 aromatic rings. The van der Waals surface area contributed by atoms with Crippen molar-refractivity contribution in [3.63, 3.8) is 0 Å². The fourth-order valence-corrected chi connectivity index (χ4v) is 2.91. The minimum absolute atomic E-state index is 0.295. The fraction of sp³-hybridized carbons (Fsp3) is 0.625. The highest BCUT2D eigenvalue weighted by Gasteiger charge is 2.25. The summed E-state index contributed by atoms with van der Waals surface area (Å²) in [5, 5.41) is 0. The average molecular weight is 278 g/mol. The summed E-state index contributed by atoms with van der Waals surface area (Å²) in [5.41, 5.74) is 7.26. The van der Waals surface area contributed by atoms with Gasteiger partial charge in [0.25, 0.3) is 0 Å². The zero-order valence-electron chi connectivity index (χ0n) is 12.5. The molecule has 0 spiro atoms. The summed E-state index contributed by atoms with van der Waals surface area (Å²) in [6, 6.07) is 8.54. The van der Waals surface area contributed by atoms with E-state index in [0.717, 1.165) is 38.3 Å². The molecule has 1 aliphatic rings. The Morgan fingerprint density at radius 3 is 2.40 bits per heavy atom. The minimum Gasteiger partial charge on any atom is -0.497 e. The van der Waals surface area contributed by atoms with Crippen LogP contribution in [0.4, 0.5) is 0 Å². The Hall–Kier alpha value is -1.10. The number of hydrogen-bond donors (Lipinski definition) is 1. The van der Waals surface area contributed by atoms with Crippen LogP contribution in [0.25, 0.3) is 0 Å². The molecule has 112 valence electrons. The second-order valence-electron chi connectivity index (χ2n) is 5.22. The van der Waals surface area contributed by atoms with Gasteiger partial charge in [-0.25, -0.2) is 0 Å². The first-order chi connectivity index (χ1) is 9.78. The zero-order valence-corrected chi connectivity index (χ0v) is 12.5. The third-order valence-corrected chi connectivity index (χ3v) is 4.04. The molecule has 1 unspecified atom stereocenters. The van der Waals surface area contributed by atoms with E-state index in [1.54, 1.807) is 7.11 Å². The molecular formula is C16H26N2O2. The molecular weight excluding hydrogens is 252 g/mol. The number of piperidine rings is 1. The topological polar surface area (TPSA) is 47.7 Å². The highest BCUT2D eigenvalue weighted by Crippen LogP contribution is 2.26. The van der Waals surface area contributed by atoms with Gasteiger partial charge in [0.05, 0.1) is 13.2 Å². The van der Waals surface area contributed by atoms with Gasteiger partial charge in [-0.15, -0.1) is 0 Å². The van der Waals surface area contributed by atoms with Crippen LogP contribution in [0.5, 0.6) is 5.75 Å². The van der Waals surface area contributed by atoms with Gasteiger partial charge in [0, 0.05) is 32.3 Å². The van der Waals surface area contributed by atoms with Crippen molar-refractivity contribution in [1.82, 2.24) is 4.90 Å². The third kappa shape index (κ3) is 3.72. The maximum atomic E-state index is 6.00. The molecule has 1 atom stereocenters. The van der Waals surface area contributed by atoms with Crippen molar-refractivity contribution in [2.24, 2.45) is 5.73 Å². The zero-order chi connectivity index (χ0) is 14.4. The average Bonchev–Trinajstić information content (AvgIpc) is 2.51. The van der Waals surface area contributed by atoms with Crippen LogP contribution in [0.1, 0.15) is 31.4 Å². The Balaban J connectivity index is 1.97. The lowest BCUT2D eigenvalue weighted by atomic mass is 10.0. The fourth-order valence-electron chi connectivity index (χ4n) is 2.91. The van der Waals surface area contributed by atoms with E-state index >= 15 is 0 Å². The molecule has 4 nitrogen and oxygen atoms in total. The Morgan fingerprint density at radius 2 is 1.90 bits per heavy atom. The van der Waals surface area contributed by atoms with Crippen LogP contribution in [0.15, 0.2) is 24.3 Å². The summed E-state index contributed by atoms with van der Waals surface area (Å²) in [5.74, 6) is 0.888. The standard InChI is InChI=1S/C16H26N2O2/c1-3-20-15-8-10-18(11-9-15)16(12-17)13-4-6-14(19-2)7-5-13/h4-7,15-16H,3,8-12,17H2,1-2H3. The first-order valence-corrected chi connectivity index (χ1v) is 7.48. The normalized spacial score (nSPS) is 18.9. The first-order valence-electron chi connectivity index (χ1n) is 7.48. The number of methoxy groups -OCH3 is 1. The molecule has 4 heteroatoms. The Kier molecular flexibility index (Phi) is 5.83. The molecule has 1 aliphatic heterocycles. The molecule has 2 rings (SSSR count). The van der Waals surface area contributed by atoms with Crippen molar-refractivity contribution < 1.29 is 9.47 Å². The molecule has 0 radical (unpaired) electrons. The molecule has 2 N–H and O–H groups in total. The lowest BCUT2D eigenvalue weighted by molar-refractivity contribution is 0.00452. The first kappa shape index (κ1) is 15.3. The molecule has 1 saturated heterocycles. The Labute approximate surface area is 121 Å². The van der Waals surface area contributed by atoms with Gasteiger partial charge in [-0.3, -0.25) is 4.90 Å². The number of ether oxygens (including phenoxy) is 2. The van der Waals surface area contributed by atoms with Crippen molar-refractivity contribution in [3.8, 4) is 5.75 Å². The molecule has 1 aromatic carbocycles. The summed E-state index contributed by atoms with van der Waals surface area (Å²) in [6.45, 7) is 5.62. The molecule has 0 bridgehead atoms. The summed E-state index contributed by atoms with van der Waals surface area (Å²) in [4.78, 5) is 2.47. The molecule has 0 aromatic heterocycles. The number of hydrogen-bond acceptors (Lipinski definition) is 4. The van der Waals surface area contributed by atoms with Gasteiger partial charge in [-0.05, 0) is 37.5 Å². The van der Waals surface area contributed by atoms with Gasteiger partial charge in [0.1, 0.15) is 5.75 Å². The smallest absolute Gasteiger partial charge is 0.118 e. The highest BCUT2D eigenvalue weighted by molar-refractivity contribution is 5.29. The predicted octanol–water partition coefficient (Wildman–Crippen LogP) is 2.20. The monoisotopic (exact) mass is 278 g/mol.